The summed E-state index contributed by atoms with van der Waals surface area (Å²) in [6.07, 6.45) is 0. The van der Waals surface area contributed by atoms with Crippen LogP contribution in [0.15, 0.2) is 84.9 Å². The molecule has 34 heavy (non-hydrogen) atoms. The molecule has 0 saturated carbocycles. The standard InChI is InChI=1S/C26H14Cl4O4/c27-15-9-11-19(21(29)13-15)25(31)33-23-7-3-1-5-17(23)18-6-2-4-8-24(18)34-26(32)20-12-10-16(28)14-22(20)30/h1-14H. The first-order chi connectivity index (χ1) is 16.3. The molecule has 0 N–H and O–H groups in total. The normalized spacial score (nSPS) is 10.6. The summed E-state index contributed by atoms with van der Waals surface area (Å²) in [5, 5.41) is 1.14. The van der Waals surface area contributed by atoms with Gasteiger partial charge >= 0.3 is 11.9 Å². The number of carbonyl (C=O) groups excluding carboxylic acids is 2. The van der Waals surface area contributed by atoms with Crippen molar-refractivity contribution < 1.29 is 19.1 Å². The largest absolute Gasteiger partial charge is 0.422 e. The molecule has 0 heterocycles. The molecule has 8 heteroatoms. The minimum atomic E-state index is -0.656. The van der Waals surface area contributed by atoms with Crippen LogP contribution < -0.4 is 9.47 Å². The molecule has 0 unspecified atom stereocenters. The molecule has 0 aromatic heterocycles. The number of esters is 2. The van der Waals surface area contributed by atoms with Crippen LogP contribution in [0.3, 0.4) is 0 Å². The van der Waals surface area contributed by atoms with Crippen molar-refractivity contribution in [2.24, 2.45) is 0 Å². The van der Waals surface area contributed by atoms with E-state index in [1.807, 2.05) is 0 Å². The third kappa shape index (κ3) is 5.37. The Morgan fingerprint density at radius 3 is 1.29 bits per heavy atom. The van der Waals surface area contributed by atoms with Gasteiger partial charge in [0.1, 0.15) is 11.5 Å². The molecule has 4 aromatic carbocycles. The fourth-order valence-electron chi connectivity index (χ4n) is 3.18. The van der Waals surface area contributed by atoms with Crippen molar-refractivity contribution in [3.63, 3.8) is 0 Å². The molecule has 0 aliphatic heterocycles. The summed E-state index contributed by atoms with van der Waals surface area (Å²) >= 11 is 24.1. The Labute approximate surface area is 215 Å². The highest BCUT2D eigenvalue weighted by molar-refractivity contribution is 6.37. The average molecular weight is 532 g/mol. The lowest BCUT2D eigenvalue weighted by atomic mass is 10.0. The molecular formula is C26H14Cl4O4. The first kappa shape index (κ1) is 24.1. The van der Waals surface area contributed by atoms with E-state index >= 15 is 0 Å². The van der Waals surface area contributed by atoms with Gasteiger partial charge in [-0.25, -0.2) is 9.59 Å². The smallest absolute Gasteiger partial charge is 0.345 e. The summed E-state index contributed by atoms with van der Waals surface area (Å²) < 4.78 is 11.3. The van der Waals surface area contributed by atoms with Crippen molar-refractivity contribution >= 4 is 58.3 Å². The molecule has 0 aliphatic carbocycles. The van der Waals surface area contributed by atoms with Gasteiger partial charge in [-0.05, 0) is 48.5 Å². The molecule has 0 radical (unpaired) electrons. The van der Waals surface area contributed by atoms with Crippen molar-refractivity contribution in [3.05, 3.63) is 116 Å². The van der Waals surface area contributed by atoms with E-state index in [0.29, 0.717) is 21.2 Å². The summed E-state index contributed by atoms with van der Waals surface area (Å²) in [5.41, 5.74) is 1.40. The van der Waals surface area contributed by atoms with E-state index in [0.717, 1.165) is 0 Å². The van der Waals surface area contributed by atoms with Crippen molar-refractivity contribution in [1.82, 2.24) is 0 Å². The molecule has 170 valence electrons. The number of benzene rings is 4. The van der Waals surface area contributed by atoms with Crippen molar-refractivity contribution in [2.45, 2.75) is 0 Å². The van der Waals surface area contributed by atoms with E-state index in [1.54, 1.807) is 60.7 Å². The van der Waals surface area contributed by atoms with E-state index in [4.69, 9.17) is 55.9 Å². The van der Waals surface area contributed by atoms with Crippen LogP contribution in [0.4, 0.5) is 0 Å². The van der Waals surface area contributed by atoms with Gasteiger partial charge in [0.15, 0.2) is 0 Å². The van der Waals surface area contributed by atoms with E-state index in [1.165, 1.54) is 24.3 Å². The zero-order valence-electron chi connectivity index (χ0n) is 17.2. The lowest BCUT2D eigenvalue weighted by Crippen LogP contribution is -2.11. The Bertz CT molecular complexity index is 1290. The predicted octanol–water partition coefficient (Wildman–Crippen LogP) is 8.41. The van der Waals surface area contributed by atoms with Gasteiger partial charge in [0.25, 0.3) is 0 Å². The number of para-hydroxylation sites is 2. The van der Waals surface area contributed by atoms with Crippen LogP contribution in [0.25, 0.3) is 11.1 Å². The van der Waals surface area contributed by atoms with Gasteiger partial charge in [0.2, 0.25) is 0 Å². The van der Waals surface area contributed by atoms with Crippen LogP contribution in [-0.2, 0) is 0 Å². The van der Waals surface area contributed by atoms with Gasteiger partial charge in [-0.3, -0.25) is 0 Å². The van der Waals surface area contributed by atoms with Crippen LogP contribution in [0.2, 0.25) is 20.1 Å². The molecule has 4 rings (SSSR count). The SMILES string of the molecule is O=C(Oc1ccccc1-c1ccccc1OC(=O)c1ccc(Cl)cc1Cl)c1ccc(Cl)cc1Cl. The van der Waals surface area contributed by atoms with Crippen LogP contribution in [0, 0.1) is 0 Å². The minimum Gasteiger partial charge on any atom is -0.422 e. The quantitative estimate of drug-likeness (QED) is 0.191. The van der Waals surface area contributed by atoms with Gasteiger partial charge in [-0.1, -0.05) is 82.8 Å². The average Bonchev–Trinajstić information content (AvgIpc) is 2.79. The summed E-state index contributed by atoms with van der Waals surface area (Å²) in [4.78, 5) is 25.6. The van der Waals surface area contributed by atoms with E-state index in [9.17, 15) is 9.59 Å². The van der Waals surface area contributed by atoms with Gasteiger partial charge in [-0.15, -0.1) is 0 Å². The second kappa shape index (κ2) is 10.5. The second-order valence-electron chi connectivity index (χ2n) is 7.02. The molecule has 0 atom stereocenters. The maximum Gasteiger partial charge on any atom is 0.345 e. The summed E-state index contributed by atoms with van der Waals surface area (Å²) in [7, 11) is 0. The highest BCUT2D eigenvalue weighted by Gasteiger charge is 2.20. The monoisotopic (exact) mass is 530 g/mol. The lowest BCUT2D eigenvalue weighted by Gasteiger charge is -2.14. The van der Waals surface area contributed by atoms with Crippen LogP contribution in [0.1, 0.15) is 20.7 Å². The fraction of sp³-hybridized carbons (Fsp3) is 0. The first-order valence-electron chi connectivity index (χ1n) is 9.86. The van der Waals surface area contributed by atoms with E-state index < -0.39 is 11.9 Å². The third-order valence-corrected chi connectivity index (χ3v) is 5.87. The molecule has 0 amide bonds. The minimum absolute atomic E-state index is 0.165. The Balaban J connectivity index is 1.66. The second-order valence-corrected chi connectivity index (χ2v) is 8.71. The van der Waals surface area contributed by atoms with E-state index in [2.05, 4.69) is 0 Å². The van der Waals surface area contributed by atoms with Crippen LogP contribution >= 0.6 is 46.4 Å². The highest BCUT2D eigenvalue weighted by atomic mass is 35.5. The van der Waals surface area contributed by atoms with Gasteiger partial charge in [0, 0.05) is 21.2 Å². The molecule has 4 nitrogen and oxygen atoms in total. The molecule has 0 aliphatic rings. The molecular weight excluding hydrogens is 518 g/mol. The highest BCUT2D eigenvalue weighted by Crippen LogP contribution is 2.37. The van der Waals surface area contributed by atoms with Crippen molar-refractivity contribution in [1.29, 1.82) is 0 Å². The number of ether oxygens (including phenoxy) is 2. The van der Waals surface area contributed by atoms with E-state index in [-0.39, 0.29) is 32.7 Å². The lowest BCUT2D eigenvalue weighted by molar-refractivity contribution is 0.0723. The summed E-state index contributed by atoms with van der Waals surface area (Å²) in [5.74, 6) is -0.800. The predicted molar refractivity (Wildman–Crippen MR) is 135 cm³/mol. The number of hydrogen-bond donors (Lipinski definition) is 0. The molecule has 0 saturated heterocycles. The Kier molecular flexibility index (Phi) is 7.44. The number of halogens is 4. The van der Waals surface area contributed by atoms with Crippen molar-refractivity contribution in [3.8, 4) is 22.6 Å². The number of rotatable bonds is 5. The summed E-state index contributed by atoms with van der Waals surface area (Å²) in [6.45, 7) is 0. The Hall–Kier alpha value is -3.02. The van der Waals surface area contributed by atoms with Gasteiger partial charge in [0.05, 0.1) is 21.2 Å². The van der Waals surface area contributed by atoms with Crippen LogP contribution in [-0.4, -0.2) is 11.9 Å². The summed E-state index contributed by atoms with van der Waals surface area (Å²) in [6, 6.07) is 22.7. The van der Waals surface area contributed by atoms with Gasteiger partial charge in [-0.2, -0.15) is 0 Å². The fourth-order valence-corrected chi connectivity index (χ4v) is 4.15. The number of carbonyl (C=O) groups is 2. The molecule has 0 fully saturated rings. The van der Waals surface area contributed by atoms with Crippen LogP contribution in [0.5, 0.6) is 11.5 Å². The zero-order chi connectivity index (χ0) is 24.2. The zero-order valence-corrected chi connectivity index (χ0v) is 20.3. The molecule has 0 spiro atoms. The Morgan fingerprint density at radius 2 is 0.912 bits per heavy atom. The Morgan fingerprint density at radius 1 is 0.529 bits per heavy atom. The first-order valence-corrected chi connectivity index (χ1v) is 11.4. The maximum atomic E-state index is 12.8. The van der Waals surface area contributed by atoms with Gasteiger partial charge < -0.3 is 9.47 Å². The molecule has 0 bridgehead atoms. The topological polar surface area (TPSA) is 52.6 Å². The molecule has 4 aromatic rings. The maximum absolute atomic E-state index is 12.8. The van der Waals surface area contributed by atoms with Crippen molar-refractivity contribution in [2.75, 3.05) is 0 Å². The number of hydrogen-bond acceptors (Lipinski definition) is 4. The third-order valence-electron chi connectivity index (χ3n) is 4.77.